The van der Waals surface area contributed by atoms with Crippen LogP contribution in [-0.4, -0.2) is 0 Å². The van der Waals surface area contributed by atoms with Crippen LogP contribution in [0, 0.1) is 0 Å². The highest BCUT2D eigenvalue weighted by molar-refractivity contribution is 5.42. The van der Waals surface area contributed by atoms with Gasteiger partial charge in [-0.1, -0.05) is 63.2 Å². The van der Waals surface area contributed by atoms with Crippen molar-refractivity contribution in [2.75, 3.05) is 0 Å². The second-order valence-electron chi connectivity index (χ2n) is 5.27. The van der Waals surface area contributed by atoms with Crippen LogP contribution in [0.25, 0.3) is 0 Å². The number of hydrogen-bond donors (Lipinski definition) is 1. The van der Waals surface area contributed by atoms with E-state index < -0.39 is 0 Å². The molecule has 2 aromatic carbocycles. The molecule has 0 heterocycles. The molecule has 0 saturated carbocycles. The second-order valence-corrected chi connectivity index (χ2v) is 5.27. The Hall–Kier alpha value is -1.60. The molecule has 0 aliphatic heterocycles. The van der Waals surface area contributed by atoms with Gasteiger partial charge in [0.15, 0.2) is 0 Å². The molecule has 0 aromatic heterocycles. The minimum atomic E-state index is -0.0207. The molecule has 2 aromatic rings. The van der Waals surface area contributed by atoms with Crippen molar-refractivity contribution in [1.29, 1.82) is 0 Å². The molecule has 20 heavy (non-hydrogen) atoms. The molecule has 1 nitrogen and oxygen atoms in total. The van der Waals surface area contributed by atoms with Crippen LogP contribution in [0.3, 0.4) is 0 Å². The quantitative estimate of drug-likeness (QED) is 0.852. The SMILES string of the molecule is CCc1ccc(CC)c(C(N)c2ccccc2CC)c1. The second kappa shape index (κ2) is 6.71. The summed E-state index contributed by atoms with van der Waals surface area (Å²) in [6.45, 7) is 6.58. The molecule has 2 rings (SSSR count). The van der Waals surface area contributed by atoms with E-state index in [1.807, 2.05) is 0 Å². The van der Waals surface area contributed by atoms with Gasteiger partial charge in [0.25, 0.3) is 0 Å². The molecule has 2 N–H and O–H groups in total. The molecule has 0 radical (unpaired) electrons. The molecule has 1 heteroatoms. The average Bonchev–Trinajstić information content (AvgIpc) is 2.53. The van der Waals surface area contributed by atoms with Gasteiger partial charge in [-0.15, -0.1) is 0 Å². The molecule has 0 aliphatic rings. The van der Waals surface area contributed by atoms with Gasteiger partial charge in [0, 0.05) is 0 Å². The van der Waals surface area contributed by atoms with Gasteiger partial charge in [-0.25, -0.2) is 0 Å². The highest BCUT2D eigenvalue weighted by Gasteiger charge is 2.15. The molecule has 1 atom stereocenters. The van der Waals surface area contributed by atoms with E-state index in [2.05, 4.69) is 63.2 Å². The normalized spacial score (nSPS) is 12.4. The van der Waals surface area contributed by atoms with Gasteiger partial charge in [0.2, 0.25) is 0 Å². The van der Waals surface area contributed by atoms with Crippen LogP contribution in [0.2, 0.25) is 0 Å². The lowest BCUT2D eigenvalue weighted by Gasteiger charge is -2.20. The Morgan fingerprint density at radius 2 is 1.45 bits per heavy atom. The van der Waals surface area contributed by atoms with E-state index in [9.17, 15) is 0 Å². The zero-order valence-electron chi connectivity index (χ0n) is 12.8. The predicted octanol–water partition coefficient (Wildman–Crippen LogP) is 4.42. The monoisotopic (exact) mass is 267 g/mol. The van der Waals surface area contributed by atoms with Crippen LogP contribution < -0.4 is 5.73 Å². The third-order valence-corrected chi connectivity index (χ3v) is 4.11. The summed E-state index contributed by atoms with van der Waals surface area (Å²) in [6.07, 6.45) is 3.11. The molecule has 0 saturated heterocycles. The Bertz CT molecular complexity index is 572. The Kier molecular flexibility index (Phi) is 4.97. The summed E-state index contributed by atoms with van der Waals surface area (Å²) in [5.74, 6) is 0. The van der Waals surface area contributed by atoms with Gasteiger partial charge >= 0.3 is 0 Å². The van der Waals surface area contributed by atoms with Crippen LogP contribution in [0.4, 0.5) is 0 Å². The summed E-state index contributed by atoms with van der Waals surface area (Å²) >= 11 is 0. The third-order valence-electron chi connectivity index (χ3n) is 4.11. The van der Waals surface area contributed by atoms with Crippen molar-refractivity contribution >= 4 is 0 Å². The summed E-state index contributed by atoms with van der Waals surface area (Å²) < 4.78 is 0. The molecule has 0 amide bonds. The maximum absolute atomic E-state index is 6.59. The molecule has 1 unspecified atom stereocenters. The third kappa shape index (κ3) is 2.94. The fourth-order valence-corrected chi connectivity index (χ4v) is 2.80. The highest BCUT2D eigenvalue weighted by Crippen LogP contribution is 2.27. The van der Waals surface area contributed by atoms with E-state index in [0.717, 1.165) is 19.3 Å². The van der Waals surface area contributed by atoms with Crippen molar-refractivity contribution in [3.8, 4) is 0 Å². The maximum atomic E-state index is 6.59. The molecule has 0 bridgehead atoms. The smallest absolute Gasteiger partial charge is 0.0557 e. The summed E-state index contributed by atoms with van der Waals surface area (Å²) in [5, 5.41) is 0. The van der Waals surface area contributed by atoms with Crippen molar-refractivity contribution in [3.05, 3.63) is 70.3 Å². The van der Waals surface area contributed by atoms with Crippen LogP contribution in [0.5, 0.6) is 0 Å². The predicted molar refractivity (Wildman–Crippen MR) is 87.0 cm³/mol. The van der Waals surface area contributed by atoms with E-state index in [-0.39, 0.29) is 6.04 Å². The minimum absolute atomic E-state index is 0.0207. The van der Waals surface area contributed by atoms with Crippen LogP contribution in [0.1, 0.15) is 54.6 Å². The molecule has 106 valence electrons. The zero-order valence-corrected chi connectivity index (χ0v) is 12.8. The van der Waals surface area contributed by atoms with E-state index in [1.165, 1.54) is 27.8 Å². The Labute approximate surface area is 122 Å². The molecule has 0 spiro atoms. The number of benzene rings is 2. The first-order chi connectivity index (χ1) is 9.71. The first-order valence-corrected chi connectivity index (χ1v) is 7.66. The largest absolute Gasteiger partial charge is 0.320 e. The van der Waals surface area contributed by atoms with E-state index in [0.29, 0.717) is 0 Å². The van der Waals surface area contributed by atoms with E-state index in [4.69, 9.17) is 5.73 Å². The number of aryl methyl sites for hydroxylation is 3. The van der Waals surface area contributed by atoms with Gasteiger partial charge < -0.3 is 5.73 Å². The minimum Gasteiger partial charge on any atom is -0.320 e. The van der Waals surface area contributed by atoms with E-state index in [1.54, 1.807) is 0 Å². The fraction of sp³-hybridized carbons (Fsp3) is 0.368. The Balaban J connectivity index is 2.49. The van der Waals surface area contributed by atoms with Crippen LogP contribution >= 0.6 is 0 Å². The van der Waals surface area contributed by atoms with Gasteiger partial charge in [-0.05, 0) is 47.1 Å². The van der Waals surface area contributed by atoms with Gasteiger partial charge in [0.05, 0.1) is 6.04 Å². The lowest BCUT2D eigenvalue weighted by molar-refractivity contribution is 0.828. The Morgan fingerprint density at radius 1 is 0.800 bits per heavy atom. The van der Waals surface area contributed by atoms with Crippen molar-refractivity contribution in [1.82, 2.24) is 0 Å². The van der Waals surface area contributed by atoms with Crippen molar-refractivity contribution < 1.29 is 0 Å². The van der Waals surface area contributed by atoms with Crippen molar-refractivity contribution in [2.45, 2.75) is 46.1 Å². The van der Waals surface area contributed by atoms with Crippen molar-refractivity contribution in [3.63, 3.8) is 0 Å². The summed E-state index contributed by atoms with van der Waals surface area (Å²) in [6, 6.07) is 15.3. The van der Waals surface area contributed by atoms with Crippen molar-refractivity contribution in [2.24, 2.45) is 5.73 Å². The maximum Gasteiger partial charge on any atom is 0.0557 e. The zero-order chi connectivity index (χ0) is 14.5. The lowest BCUT2D eigenvalue weighted by atomic mass is 9.89. The van der Waals surface area contributed by atoms with Gasteiger partial charge in [-0.3, -0.25) is 0 Å². The standard InChI is InChI=1S/C19H25N/c1-4-14-11-12-16(6-3)18(13-14)19(20)17-10-8-7-9-15(17)5-2/h7-13,19H,4-6,20H2,1-3H3. The van der Waals surface area contributed by atoms with Crippen LogP contribution in [-0.2, 0) is 19.3 Å². The van der Waals surface area contributed by atoms with E-state index >= 15 is 0 Å². The number of rotatable bonds is 5. The average molecular weight is 267 g/mol. The number of hydrogen-bond acceptors (Lipinski definition) is 1. The van der Waals surface area contributed by atoms with Gasteiger partial charge in [-0.2, -0.15) is 0 Å². The first-order valence-electron chi connectivity index (χ1n) is 7.66. The van der Waals surface area contributed by atoms with Crippen LogP contribution in [0.15, 0.2) is 42.5 Å². The topological polar surface area (TPSA) is 26.0 Å². The Morgan fingerprint density at radius 3 is 2.10 bits per heavy atom. The first kappa shape index (κ1) is 14.8. The fourth-order valence-electron chi connectivity index (χ4n) is 2.80. The summed E-state index contributed by atoms with van der Waals surface area (Å²) in [4.78, 5) is 0. The molecular formula is C19H25N. The highest BCUT2D eigenvalue weighted by atomic mass is 14.6. The molecule has 0 fully saturated rings. The lowest BCUT2D eigenvalue weighted by Crippen LogP contribution is -2.16. The molecular weight excluding hydrogens is 242 g/mol. The number of nitrogens with two attached hydrogens (primary N) is 1. The summed E-state index contributed by atoms with van der Waals surface area (Å²) in [7, 11) is 0. The van der Waals surface area contributed by atoms with Gasteiger partial charge in [0.1, 0.15) is 0 Å². The molecule has 0 aliphatic carbocycles. The summed E-state index contributed by atoms with van der Waals surface area (Å²) in [5.41, 5.74) is 13.2.